The lowest BCUT2D eigenvalue weighted by atomic mass is 10.0. The number of hydrogen-bond donors (Lipinski definition) is 0. The molecule has 3 aromatic carbocycles. The van der Waals surface area contributed by atoms with Crippen molar-refractivity contribution in [3.8, 4) is 5.75 Å². The zero-order valence-electron chi connectivity index (χ0n) is 19.4. The van der Waals surface area contributed by atoms with Crippen LogP contribution in [0.25, 0.3) is 21.0 Å². The molecule has 35 heavy (non-hydrogen) atoms. The van der Waals surface area contributed by atoms with Gasteiger partial charge in [-0.05, 0) is 47.5 Å². The Morgan fingerprint density at radius 3 is 2.63 bits per heavy atom. The van der Waals surface area contributed by atoms with Crippen LogP contribution in [0.4, 0.5) is 5.13 Å². The van der Waals surface area contributed by atoms with Gasteiger partial charge in [0.1, 0.15) is 5.75 Å². The summed E-state index contributed by atoms with van der Waals surface area (Å²) in [6.45, 7) is 4.89. The van der Waals surface area contributed by atoms with Crippen molar-refractivity contribution in [3.63, 3.8) is 0 Å². The normalized spacial score (nSPS) is 14.1. The largest absolute Gasteiger partial charge is 0.496 e. The number of amides is 1. The second-order valence-corrected chi connectivity index (χ2v) is 10.2. The molecule has 0 spiro atoms. The fourth-order valence-corrected chi connectivity index (χ4v) is 5.81. The number of carbonyl (C=O) groups excluding carboxylic acids is 1. The molecule has 0 aliphatic carbocycles. The van der Waals surface area contributed by atoms with Gasteiger partial charge in [0, 0.05) is 30.7 Å². The van der Waals surface area contributed by atoms with Crippen molar-refractivity contribution in [1.29, 1.82) is 0 Å². The van der Waals surface area contributed by atoms with Crippen LogP contribution in [-0.2, 0) is 4.74 Å². The molecule has 5 rings (SSSR count). The van der Waals surface area contributed by atoms with E-state index < -0.39 is 0 Å². The van der Waals surface area contributed by atoms with Gasteiger partial charge in [0.25, 0.3) is 5.91 Å². The van der Waals surface area contributed by atoms with Gasteiger partial charge < -0.3 is 9.47 Å². The fraction of sp³-hybridized carbons (Fsp3) is 0.308. The van der Waals surface area contributed by atoms with Crippen LogP contribution in [0.1, 0.15) is 16.8 Å². The summed E-state index contributed by atoms with van der Waals surface area (Å²) in [7, 11) is 1.61. The van der Waals surface area contributed by atoms with Gasteiger partial charge in [0.05, 0.1) is 36.1 Å². The average molecular weight is 577 g/mol. The third kappa shape index (κ3) is 5.78. The predicted octanol–water partition coefficient (Wildman–Crippen LogP) is 6.01. The molecular formula is C26H27BrClN3O3S. The van der Waals surface area contributed by atoms with E-state index in [0.717, 1.165) is 64.7 Å². The zero-order valence-corrected chi connectivity index (χ0v) is 22.6. The van der Waals surface area contributed by atoms with Crippen LogP contribution in [0, 0.1) is 0 Å². The highest BCUT2D eigenvalue weighted by atomic mass is 79.9. The maximum absolute atomic E-state index is 14.0. The van der Waals surface area contributed by atoms with Gasteiger partial charge in [-0.2, -0.15) is 0 Å². The third-order valence-electron chi connectivity index (χ3n) is 6.07. The summed E-state index contributed by atoms with van der Waals surface area (Å²) in [5, 5.41) is 2.75. The van der Waals surface area contributed by atoms with Gasteiger partial charge in [0.15, 0.2) is 5.13 Å². The molecule has 1 aliphatic rings. The standard InChI is InChI=1S/C26H26BrN3O3S.ClH/c1-32-23-16-19-6-3-2-5-18(19)15-21(23)25(31)30(10-4-9-29-11-13-33-14-12-29)26-28-22-8-7-20(27)17-24(22)34-26;/h2-3,5-8,15-17H,4,9-14H2,1H3;1H. The molecule has 0 N–H and O–H groups in total. The molecular weight excluding hydrogens is 550 g/mol. The Balaban J connectivity index is 0.00000289. The Kier molecular flexibility index (Phi) is 8.62. The van der Waals surface area contributed by atoms with Gasteiger partial charge in [-0.1, -0.05) is 51.5 Å². The van der Waals surface area contributed by atoms with E-state index in [1.165, 1.54) is 11.3 Å². The molecule has 6 nitrogen and oxygen atoms in total. The maximum Gasteiger partial charge on any atom is 0.263 e. The van der Waals surface area contributed by atoms with Crippen LogP contribution in [0.5, 0.6) is 5.75 Å². The van der Waals surface area contributed by atoms with Gasteiger partial charge in [-0.15, -0.1) is 12.4 Å². The lowest BCUT2D eigenvalue weighted by molar-refractivity contribution is 0.0376. The Bertz CT molecular complexity index is 1330. The third-order valence-corrected chi connectivity index (χ3v) is 7.61. The minimum atomic E-state index is -0.0947. The minimum Gasteiger partial charge on any atom is -0.496 e. The fourth-order valence-electron chi connectivity index (χ4n) is 4.26. The number of halogens is 2. The molecule has 0 saturated carbocycles. The van der Waals surface area contributed by atoms with Gasteiger partial charge >= 0.3 is 0 Å². The molecule has 1 aliphatic heterocycles. The smallest absolute Gasteiger partial charge is 0.263 e. The predicted molar refractivity (Wildman–Crippen MR) is 149 cm³/mol. The molecule has 184 valence electrons. The number of rotatable bonds is 7. The van der Waals surface area contributed by atoms with E-state index in [-0.39, 0.29) is 18.3 Å². The first-order valence-corrected chi connectivity index (χ1v) is 13.0. The summed E-state index contributed by atoms with van der Waals surface area (Å²) in [5.74, 6) is 0.480. The Labute approximate surface area is 223 Å². The lowest BCUT2D eigenvalue weighted by Gasteiger charge is -2.28. The van der Waals surface area contributed by atoms with Gasteiger partial charge in [-0.25, -0.2) is 4.98 Å². The van der Waals surface area contributed by atoms with Crippen molar-refractivity contribution in [1.82, 2.24) is 9.88 Å². The molecule has 1 amide bonds. The van der Waals surface area contributed by atoms with Gasteiger partial charge in [-0.3, -0.25) is 14.6 Å². The monoisotopic (exact) mass is 575 g/mol. The molecule has 0 bridgehead atoms. The molecule has 0 atom stereocenters. The molecule has 1 aromatic heterocycles. The van der Waals surface area contributed by atoms with E-state index in [0.29, 0.717) is 23.0 Å². The van der Waals surface area contributed by atoms with Crippen LogP contribution in [-0.4, -0.2) is 62.3 Å². The molecule has 1 fully saturated rings. The van der Waals surface area contributed by atoms with Crippen LogP contribution < -0.4 is 9.64 Å². The number of morpholine rings is 1. The van der Waals surface area contributed by atoms with Crippen LogP contribution >= 0.6 is 39.7 Å². The summed E-state index contributed by atoms with van der Waals surface area (Å²) < 4.78 is 13.1. The highest BCUT2D eigenvalue weighted by Gasteiger charge is 2.25. The number of hydrogen-bond acceptors (Lipinski definition) is 6. The Morgan fingerprint density at radius 2 is 1.89 bits per heavy atom. The van der Waals surface area contributed by atoms with Crippen LogP contribution in [0.3, 0.4) is 0 Å². The maximum atomic E-state index is 14.0. The Morgan fingerprint density at radius 1 is 1.14 bits per heavy atom. The molecule has 0 unspecified atom stereocenters. The number of nitrogens with zero attached hydrogens (tertiary/aromatic N) is 3. The second-order valence-electron chi connectivity index (χ2n) is 8.27. The zero-order chi connectivity index (χ0) is 23.5. The first-order valence-electron chi connectivity index (χ1n) is 11.4. The van der Waals surface area contributed by atoms with Crippen molar-refractivity contribution in [2.45, 2.75) is 6.42 Å². The highest BCUT2D eigenvalue weighted by molar-refractivity contribution is 9.10. The quantitative estimate of drug-likeness (QED) is 0.270. The van der Waals surface area contributed by atoms with E-state index in [1.807, 2.05) is 59.5 Å². The van der Waals surface area contributed by atoms with E-state index in [9.17, 15) is 4.79 Å². The van der Waals surface area contributed by atoms with Crippen molar-refractivity contribution >= 4 is 71.7 Å². The average Bonchev–Trinajstić information content (AvgIpc) is 3.28. The summed E-state index contributed by atoms with van der Waals surface area (Å²) in [6.07, 6.45) is 0.848. The SMILES string of the molecule is COc1cc2ccccc2cc1C(=O)N(CCCN1CCOCC1)c1nc2ccc(Br)cc2s1.Cl. The molecule has 1 saturated heterocycles. The molecule has 9 heteroatoms. The molecule has 4 aromatic rings. The summed E-state index contributed by atoms with van der Waals surface area (Å²) >= 11 is 5.07. The van der Waals surface area contributed by atoms with E-state index in [1.54, 1.807) is 7.11 Å². The number of fused-ring (bicyclic) bond motifs is 2. The highest BCUT2D eigenvalue weighted by Crippen LogP contribution is 2.34. The van der Waals surface area contributed by atoms with Crippen molar-refractivity contribution < 1.29 is 14.3 Å². The number of aromatic nitrogens is 1. The molecule has 0 radical (unpaired) electrons. The summed E-state index contributed by atoms with van der Waals surface area (Å²) in [5.41, 5.74) is 1.44. The van der Waals surface area contributed by atoms with Crippen molar-refractivity contribution in [2.75, 3.05) is 51.4 Å². The number of methoxy groups -OCH3 is 1. The van der Waals surface area contributed by atoms with Crippen LogP contribution in [0.2, 0.25) is 0 Å². The first kappa shape index (κ1) is 25.9. The number of thiazole rings is 1. The topological polar surface area (TPSA) is 54.9 Å². The van der Waals surface area contributed by atoms with E-state index in [4.69, 9.17) is 14.5 Å². The van der Waals surface area contributed by atoms with Crippen LogP contribution in [0.15, 0.2) is 59.1 Å². The number of anilines is 1. The van der Waals surface area contributed by atoms with E-state index in [2.05, 4.69) is 20.8 Å². The lowest BCUT2D eigenvalue weighted by Crippen LogP contribution is -2.39. The number of ether oxygens (including phenoxy) is 2. The van der Waals surface area contributed by atoms with Crippen molar-refractivity contribution in [2.24, 2.45) is 0 Å². The second kappa shape index (κ2) is 11.7. The summed E-state index contributed by atoms with van der Waals surface area (Å²) in [4.78, 5) is 23.0. The number of carbonyl (C=O) groups is 1. The minimum absolute atomic E-state index is 0. The van der Waals surface area contributed by atoms with Crippen molar-refractivity contribution in [3.05, 3.63) is 64.6 Å². The number of benzene rings is 3. The Hall–Kier alpha value is -2.23. The summed E-state index contributed by atoms with van der Waals surface area (Å²) in [6, 6.07) is 17.9. The van der Waals surface area contributed by atoms with E-state index >= 15 is 0 Å². The molecule has 2 heterocycles. The first-order chi connectivity index (χ1) is 16.6. The van der Waals surface area contributed by atoms with Gasteiger partial charge in [0.2, 0.25) is 0 Å².